The van der Waals surface area contributed by atoms with Crippen LogP contribution < -0.4 is 0 Å². The Hall–Kier alpha value is -1.00. The van der Waals surface area contributed by atoms with E-state index < -0.39 is 0 Å². The molecule has 0 aromatic heterocycles. The molecule has 4 nitrogen and oxygen atoms in total. The molecule has 0 bridgehead atoms. The van der Waals surface area contributed by atoms with E-state index in [1.165, 1.54) is 0 Å². The van der Waals surface area contributed by atoms with Gasteiger partial charge in [-0.1, -0.05) is 0 Å². The smallest absolute Gasteiger partial charge is 0.0690 e. The number of rotatable bonds is 4. The summed E-state index contributed by atoms with van der Waals surface area (Å²) in [5.41, 5.74) is 1.07. The monoisotopic (exact) mass is 212 g/mol. The lowest BCUT2D eigenvalue weighted by atomic mass is 10.3. The minimum Gasteiger partial charge on any atom is -0.392 e. The Morgan fingerprint density at radius 3 is 2.20 bits per heavy atom. The molecule has 0 fully saturated rings. The van der Waals surface area contributed by atoms with Gasteiger partial charge in [0.1, 0.15) is 0 Å². The fourth-order valence-electron chi connectivity index (χ4n) is 1.55. The zero-order chi connectivity index (χ0) is 11.4. The summed E-state index contributed by atoms with van der Waals surface area (Å²) in [4.78, 5) is 3.93. The average molecular weight is 212 g/mol. The lowest BCUT2D eigenvalue weighted by Crippen LogP contribution is -2.31. The predicted octanol–water partition coefficient (Wildman–Crippen LogP) is 0.698. The molecule has 86 valence electrons. The molecule has 1 aliphatic rings. The summed E-state index contributed by atoms with van der Waals surface area (Å²) in [6, 6.07) is 0. The highest BCUT2D eigenvalue weighted by Gasteiger charge is 2.12. The second-order valence-corrected chi connectivity index (χ2v) is 4.12. The first-order valence-electron chi connectivity index (χ1n) is 5.24. The fourth-order valence-corrected chi connectivity index (χ4v) is 1.55. The molecule has 0 saturated carbocycles. The van der Waals surface area contributed by atoms with Crippen LogP contribution in [0.3, 0.4) is 0 Å². The topological polar surface area (TPSA) is 46.9 Å². The Morgan fingerprint density at radius 1 is 1.13 bits per heavy atom. The molecule has 0 amide bonds. The van der Waals surface area contributed by atoms with Crippen LogP contribution in [0.2, 0.25) is 0 Å². The van der Waals surface area contributed by atoms with E-state index in [1.807, 2.05) is 35.3 Å². The van der Waals surface area contributed by atoms with Crippen LogP contribution in [0.5, 0.6) is 0 Å². The van der Waals surface area contributed by atoms with E-state index in [1.54, 1.807) is 13.8 Å². The Kier molecular flexibility index (Phi) is 4.17. The maximum atomic E-state index is 9.28. The summed E-state index contributed by atoms with van der Waals surface area (Å²) in [5, 5.41) is 18.5. The number of β-amino-alcohol motifs (C(OH)–C–C–N with tert-alkyl or cyclic N) is 2. The SMILES string of the molecule is CC1=CN(CC(C)O)C=CN1CC(C)O. The molecule has 15 heavy (non-hydrogen) atoms. The van der Waals surface area contributed by atoms with Crippen molar-refractivity contribution < 1.29 is 10.2 Å². The Balaban J connectivity index is 2.54. The van der Waals surface area contributed by atoms with Gasteiger partial charge < -0.3 is 20.0 Å². The Bertz CT molecular complexity index is 259. The van der Waals surface area contributed by atoms with Crippen molar-refractivity contribution in [3.8, 4) is 0 Å². The molecule has 4 heteroatoms. The predicted molar refractivity (Wildman–Crippen MR) is 59.7 cm³/mol. The molecule has 0 aromatic carbocycles. The highest BCUT2D eigenvalue weighted by molar-refractivity contribution is 5.10. The van der Waals surface area contributed by atoms with Crippen molar-refractivity contribution in [1.82, 2.24) is 9.80 Å². The molecular weight excluding hydrogens is 192 g/mol. The van der Waals surface area contributed by atoms with Crippen LogP contribution >= 0.6 is 0 Å². The van der Waals surface area contributed by atoms with Crippen LogP contribution in [-0.4, -0.2) is 45.3 Å². The van der Waals surface area contributed by atoms with Gasteiger partial charge in [-0.15, -0.1) is 0 Å². The Labute approximate surface area is 91.1 Å². The molecule has 2 unspecified atom stereocenters. The zero-order valence-corrected chi connectivity index (χ0v) is 9.59. The highest BCUT2D eigenvalue weighted by atomic mass is 16.3. The minimum absolute atomic E-state index is 0.345. The van der Waals surface area contributed by atoms with Crippen LogP contribution in [-0.2, 0) is 0 Å². The maximum absolute atomic E-state index is 9.28. The first-order chi connectivity index (χ1) is 6.99. The van der Waals surface area contributed by atoms with E-state index in [0.717, 1.165) is 5.70 Å². The summed E-state index contributed by atoms with van der Waals surface area (Å²) in [6.07, 6.45) is 5.10. The molecule has 0 aliphatic carbocycles. The number of aliphatic hydroxyl groups is 2. The summed E-state index contributed by atoms with van der Waals surface area (Å²) in [6.45, 7) is 6.71. The molecule has 0 aromatic rings. The number of hydrogen-bond donors (Lipinski definition) is 2. The number of allylic oxidation sites excluding steroid dienone is 1. The van der Waals surface area contributed by atoms with Crippen molar-refractivity contribution >= 4 is 0 Å². The normalized spacial score (nSPS) is 20.2. The van der Waals surface area contributed by atoms with Crippen molar-refractivity contribution in [2.24, 2.45) is 0 Å². The van der Waals surface area contributed by atoms with Gasteiger partial charge in [0.2, 0.25) is 0 Å². The lowest BCUT2D eigenvalue weighted by Gasteiger charge is -2.30. The van der Waals surface area contributed by atoms with Gasteiger partial charge in [-0.3, -0.25) is 0 Å². The van der Waals surface area contributed by atoms with Gasteiger partial charge >= 0.3 is 0 Å². The number of hydrogen-bond acceptors (Lipinski definition) is 4. The number of nitrogens with zero attached hydrogens (tertiary/aromatic N) is 2. The lowest BCUT2D eigenvalue weighted by molar-refractivity contribution is 0.151. The Morgan fingerprint density at radius 2 is 1.73 bits per heavy atom. The van der Waals surface area contributed by atoms with Crippen molar-refractivity contribution in [3.05, 3.63) is 24.3 Å². The van der Waals surface area contributed by atoms with Crippen LogP contribution in [0.4, 0.5) is 0 Å². The molecule has 0 spiro atoms. The van der Waals surface area contributed by atoms with E-state index in [2.05, 4.69) is 0 Å². The van der Waals surface area contributed by atoms with Gasteiger partial charge in [-0.05, 0) is 20.8 Å². The molecule has 2 atom stereocenters. The van der Waals surface area contributed by atoms with Crippen molar-refractivity contribution in [1.29, 1.82) is 0 Å². The molecule has 0 radical (unpaired) electrons. The summed E-state index contributed by atoms with van der Waals surface area (Å²) in [5.74, 6) is 0. The molecule has 1 aliphatic heterocycles. The summed E-state index contributed by atoms with van der Waals surface area (Å²) >= 11 is 0. The summed E-state index contributed by atoms with van der Waals surface area (Å²) in [7, 11) is 0. The molecule has 1 rings (SSSR count). The third-order valence-electron chi connectivity index (χ3n) is 2.18. The third kappa shape index (κ3) is 3.93. The van der Waals surface area contributed by atoms with Gasteiger partial charge in [0.15, 0.2) is 0 Å². The zero-order valence-electron chi connectivity index (χ0n) is 9.59. The van der Waals surface area contributed by atoms with Crippen molar-refractivity contribution in [2.45, 2.75) is 33.0 Å². The van der Waals surface area contributed by atoms with Gasteiger partial charge in [0, 0.05) is 37.4 Å². The standard InChI is InChI=1S/C11H20N2O2/c1-9-6-12(7-10(2)14)4-5-13(9)8-11(3)15/h4-6,10-11,14-15H,7-8H2,1-3H3. The average Bonchev–Trinajstić information content (AvgIpc) is 2.08. The van der Waals surface area contributed by atoms with Gasteiger partial charge in [0.25, 0.3) is 0 Å². The van der Waals surface area contributed by atoms with E-state index in [-0.39, 0.29) is 12.2 Å². The van der Waals surface area contributed by atoms with Crippen LogP contribution in [0.1, 0.15) is 20.8 Å². The molecule has 1 heterocycles. The third-order valence-corrected chi connectivity index (χ3v) is 2.18. The van der Waals surface area contributed by atoms with Crippen LogP contribution in [0, 0.1) is 0 Å². The van der Waals surface area contributed by atoms with Crippen LogP contribution in [0.25, 0.3) is 0 Å². The van der Waals surface area contributed by atoms with Gasteiger partial charge in [-0.25, -0.2) is 0 Å². The quantitative estimate of drug-likeness (QED) is 0.720. The maximum Gasteiger partial charge on any atom is 0.0690 e. The second-order valence-electron chi connectivity index (χ2n) is 4.12. The van der Waals surface area contributed by atoms with E-state index >= 15 is 0 Å². The van der Waals surface area contributed by atoms with Gasteiger partial charge in [0.05, 0.1) is 12.2 Å². The number of aliphatic hydroxyl groups excluding tert-OH is 2. The molecular formula is C11H20N2O2. The van der Waals surface area contributed by atoms with E-state index in [0.29, 0.717) is 13.1 Å². The first kappa shape index (κ1) is 12.1. The first-order valence-corrected chi connectivity index (χ1v) is 5.24. The second kappa shape index (κ2) is 5.19. The summed E-state index contributed by atoms with van der Waals surface area (Å²) < 4.78 is 0. The van der Waals surface area contributed by atoms with Crippen molar-refractivity contribution in [2.75, 3.05) is 13.1 Å². The van der Waals surface area contributed by atoms with E-state index in [9.17, 15) is 10.2 Å². The van der Waals surface area contributed by atoms with Crippen LogP contribution in [0.15, 0.2) is 24.3 Å². The van der Waals surface area contributed by atoms with Gasteiger partial charge in [-0.2, -0.15) is 0 Å². The minimum atomic E-state index is -0.346. The van der Waals surface area contributed by atoms with Crippen molar-refractivity contribution in [3.63, 3.8) is 0 Å². The van der Waals surface area contributed by atoms with E-state index in [4.69, 9.17) is 0 Å². The highest BCUT2D eigenvalue weighted by Crippen LogP contribution is 2.13. The largest absolute Gasteiger partial charge is 0.392 e. The fraction of sp³-hybridized carbons (Fsp3) is 0.636. The molecule has 0 saturated heterocycles. The molecule has 2 N–H and O–H groups in total.